The Kier molecular flexibility index (Phi) is 1.84. The molecular formula is C7H10F2. The van der Waals surface area contributed by atoms with Crippen molar-refractivity contribution in [1.29, 1.82) is 0 Å². The number of allylic oxidation sites excluding steroid dienone is 2. The van der Waals surface area contributed by atoms with Crippen LogP contribution in [0.4, 0.5) is 8.78 Å². The van der Waals surface area contributed by atoms with E-state index in [-0.39, 0.29) is 0 Å². The van der Waals surface area contributed by atoms with Gasteiger partial charge >= 0.3 is 0 Å². The van der Waals surface area contributed by atoms with Crippen LogP contribution < -0.4 is 0 Å². The molecule has 0 heterocycles. The van der Waals surface area contributed by atoms with E-state index in [0.717, 1.165) is 0 Å². The molecule has 1 aliphatic carbocycles. The first-order valence-corrected chi connectivity index (χ1v) is 3.10. The van der Waals surface area contributed by atoms with Crippen LogP contribution in [0.5, 0.6) is 0 Å². The molecule has 0 N–H and O–H groups in total. The summed E-state index contributed by atoms with van der Waals surface area (Å²) in [6.45, 7) is -1.06. The van der Waals surface area contributed by atoms with Crippen LogP contribution in [0.1, 0.15) is 12.8 Å². The van der Waals surface area contributed by atoms with Crippen LogP contribution in [-0.4, -0.2) is 13.3 Å². The van der Waals surface area contributed by atoms with Gasteiger partial charge in [0.15, 0.2) is 0 Å². The molecule has 0 nitrogen and oxygen atoms in total. The predicted octanol–water partition coefficient (Wildman–Crippen LogP) is 2.26. The summed E-state index contributed by atoms with van der Waals surface area (Å²) in [6.07, 6.45) is 4.83. The van der Waals surface area contributed by atoms with Gasteiger partial charge in [-0.25, -0.2) is 0 Å². The first kappa shape index (κ1) is 6.72. The van der Waals surface area contributed by atoms with Gasteiger partial charge in [-0.05, 0) is 12.8 Å². The predicted molar refractivity (Wildman–Crippen MR) is 32.8 cm³/mol. The van der Waals surface area contributed by atoms with E-state index in [2.05, 4.69) is 0 Å². The lowest BCUT2D eigenvalue weighted by molar-refractivity contribution is 0.167. The Labute approximate surface area is 53.6 Å². The Balaban J connectivity index is 2.50. The Morgan fingerprint density at radius 2 is 1.56 bits per heavy atom. The second-order valence-electron chi connectivity index (χ2n) is 2.65. The summed E-state index contributed by atoms with van der Waals surface area (Å²) in [5.74, 6) is 0. The minimum atomic E-state index is -0.667. The van der Waals surface area contributed by atoms with Gasteiger partial charge in [0.05, 0.1) is 13.3 Å². The number of hydrogen-bond donors (Lipinski definition) is 0. The van der Waals surface area contributed by atoms with Gasteiger partial charge in [-0.15, -0.1) is 0 Å². The van der Waals surface area contributed by atoms with Gasteiger partial charge in [0, 0.05) is 5.41 Å². The van der Waals surface area contributed by atoms with Gasteiger partial charge in [0.1, 0.15) is 0 Å². The van der Waals surface area contributed by atoms with Crippen LogP contribution in [-0.2, 0) is 0 Å². The standard InChI is InChI=1S/C7H10F2/c8-5-7(6-9)3-1-2-4-7/h1-2H,3-6H2. The van der Waals surface area contributed by atoms with Gasteiger partial charge in [0.25, 0.3) is 0 Å². The summed E-state index contributed by atoms with van der Waals surface area (Å²) in [4.78, 5) is 0. The molecule has 0 radical (unpaired) electrons. The molecule has 0 aromatic carbocycles. The van der Waals surface area contributed by atoms with Gasteiger partial charge in [-0.1, -0.05) is 12.2 Å². The summed E-state index contributed by atoms with van der Waals surface area (Å²) in [5.41, 5.74) is -0.667. The third kappa shape index (κ3) is 1.12. The quantitative estimate of drug-likeness (QED) is 0.505. The summed E-state index contributed by atoms with van der Waals surface area (Å²) in [7, 11) is 0. The summed E-state index contributed by atoms with van der Waals surface area (Å²) in [5, 5.41) is 0. The number of rotatable bonds is 2. The maximum atomic E-state index is 12.1. The zero-order valence-electron chi connectivity index (χ0n) is 5.24. The van der Waals surface area contributed by atoms with E-state index in [9.17, 15) is 8.78 Å². The van der Waals surface area contributed by atoms with Gasteiger partial charge in [-0.2, -0.15) is 0 Å². The van der Waals surface area contributed by atoms with Crippen molar-refractivity contribution in [2.24, 2.45) is 5.41 Å². The normalized spacial score (nSPS) is 22.9. The van der Waals surface area contributed by atoms with Gasteiger partial charge < -0.3 is 0 Å². The smallest absolute Gasteiger partial charge is 0.0981 e. The highest BCUT2D eigenvalue weighted by Crippen LogP contribution is 2.33. The van der Waals surface area contributed by atoms with Crippen LogP contribution >= 0.6 is 0 Å². The molecule has 0 bridgehead atoms. The van der Waals surface area contributed by atoms with E-state index >= 15 is 0 Å². The highest BCUT2D eigenvalue weighted by atomic mass is 19.1. The average molecular weight is 132 g/mol. The van der Waals surface area contributed by atoms with E-state index < -0.39 is 18.8 Å². The van der Waals surface area contributed by atoms with Crippen molar-refractivity contribution in [3.05, 3.63) is 12.2 Å². The molecule has 0 saturated carbocycles. The fourth-order valence-corrected chi connectivity index (χ4v) is 1.00. The first-order chi connectivity index (χ1) is 4.33. The lowest BCUT2D eigenvalue weighted by atomic mass is 9.89. The summed E-state index contributed by atoms with van der Waals surface area (Å²) in [6, 6.07) is 0. The van der Waals surface area contributed by atoms with Crippen LogP contribution in [0, 0.1) is 5.41 Å². The molecule has 0 aromatic heterocycles. The Hall–Kier alpha value is -0.400. The van der Waals surface area contributed by atoms with Crippen molar-refractivity contribution in [3.8, 4) is 0 Å². The number of hydrogen-bond acceptors (Lipinski definition) is 0. The lowest BCUT2D eigenvalue weighted by Crippen LogP contribution is -2.21. The van der Waals surface area contributed by atoms with E-state index in [0.29, 0.717) is 12.8 Å². The van der Waals surface area contributed by atoms with E-state index in [4.69, 9.17) is 0 Å². The third-order valence-corrected chi connectivity index (χ3v) is 1.84. The number of halogens is 2. The SMILES string of the molecule is FCC1(CF)CC=CC1. The molecule has 52 valence electrons. The van der Waals surface area contributed by atoms with Crippen molar-refractivity contribution in [2.75, 3.05) is 13.3 Å². The molecule has 0 aliphatic heterocycles. The second kappa shape index (κ2) is 2.46. The third-order valence-electron chi connectivity index (χ3n) is 1.84. The average Bonchev–Trinajstić information content (AvgIpc) is 2.36. The largest absolute Gasteiger partial charge is 0.250 e. The molecule has 0 aromatic rings. The monoisotopic (exact) mass is 132 g/mol. The Morgan fingerprint density at radius 1 is 1.11 bits per heavy atom. The van der Waals surface area contributed by atoms with Gasteiger partial charge in [-0.3, -0.25) is 8.78 Å². The van der Waals surface area contributed by atoms with Gasteiger partial charge in [0.2, 0.25) is 0 Å². The van der Waals surface area contributed by atoms with Crippen LogP contribution in [0.25, 0.3) is 0 Å². The van der Waals surface area contributed by atoms with E-state index in [1.807, 2.05) is 12.2 Å². The van der Waals surface area contributed by atoms with Crippen molar-refractivity contribution in [1.82, 2.24) is 0 Å². The second-order valence-corrected chi connectivity index (χ2v) is 2.65. The molecule has 0 unspecified atom stereocenters. The van der Waals surface area contributed by atoms with Crippen molar-refractivity contribution >= 4 is 0 Å². The molecule has 0 amide bonds. The summed E-state index contributed by atoms with van der Waals surface area (Å²) >= 11 is 0. The van der Waals surface area contributed by atoms with Crippen LogP contribution in [0.2, 0.25) is 0 Å². The topological polar surface area (TPSA) is 0 Å². The molecule has 0 fully saturated rings. The van der Waals surface area contributed by atoms with Crippen molar-refractivity contribution in [3.63, 3.8) is 0 Å². The zero-order chi connectivity index (χ0) is 6.74. The molecule has 1 rings (SSSR count). The first-order valence-electron chi connectivity index (χ1n) is 3.10. The molecular weight excluding hydrogens is 122 g/mol. The highest BCUT2D eigenvalue weighted by molar-refractivity contribution is 5.02. The highest BCUT2D eigenvalue weighted by Gasteiger charge is 2.30. The Bertz CT molecular complexity index is 104. The van der Waals surface area contributed by atoms with Crippen molar-refractivity contribution in [2.45, 2.75) is 12.8 Å². The maximum Gasteiger partial charge on any atom is 0.0981 e. The summed E-state index contributed by atoms with van der Waals surface area (Å²) < 4.78 is 24.1. The number of alkyl halides is 2. The molecule has 0 saturated heterocycles. The molecule has 0 atom stereocenters. The van der Waals surface area contributed by atoms with E-state index in [1.165, 1.54) is 0 Å². The van der Waals surface area contributed by atoms with Crippen LogP contribution in [0.3, 0.4) is 0 Å². The Morgan fingerprint density at radius 3 is 1.78 bits per heavy atom. The minimum absolute atomic E-state index is 0.531. The fraction of sp³-hybridized carbons (Fsp3) is 0.714. The molecule has 0 spiro atoms. The molecule has 1 aliphatic rings. The van der Waals surface area contributed by atoms with Crippen molar-refractivity contribution < 1.29 is 8.78 Å². The fourth-order valence-electron chi connectivity index (χ4n) is 1.00. The van der Waals surface area contributed by atoms with E-state index in [1.54, 1.807) is 0 Å². The molecule has 9 heavy (non-hydrogen) atoms. The minimum Gasteiger partial charge on any atom is -0.250 e. The lowest BCUT2D eigenvalue weighted by Gasteiger charge is -2.19. The zero-order valence-corrected chi connectivity index (χ0v) is 5.24. The molecule has 2 heteroatoms. The maximum absolute atomic E-state index is 12.1. The van der Waals surface area contributed by atoms with Crippen LogP contribution in [0.15, 0.2) is 12.2 Å².